The molecule has 3 atom stereocenters. The molecule has 98 valence electrons. The maximum Gasteiger partial charge on any atom is 0.0843 e. The first kappa shape index (κ1) is 12.2. The second-order valence-electron chi connectivity index (χ2n) is 5.72. The molecule has 18 heavy (non-hydrogen) atoms. The van der Waals surface area contributed by atoms with Crippen LogP contribution in [0.2, 0.25) is 0 Å². The van der Waals surface area contributed by atoms with E-state index in [1.807, 2.05) is 0 Å². The molecule has 3 unspecified atom stereocenters. The molecule has 1 N–H and O–H groups in total. The molecular weight excluding hydrogens is 224 g/mol. The third-order valence-corrected chi connectivity index (χ3v) is 4.45. The van der Waals surface area contributed by atoms with Gasteiger partial charge in [-0.15, -0.1) is 0 Å². The van der Waals surface area contributed by atoms with Crippen molar-refractivity contribution in [2.24, 2.45) is 0 Å². The number of benzene rings is 1. The normalized spacial score (nSPS) is 33.1. The zero-order chi connectivity index (χ0) is 12.4. The molecule has 0 radical (unpaired) electrons. The van der Waals surface area contributed by atoms with Crippen molar-refractivity contribution in [1.29, 1.82) is 0 Å². The lowest BCUT2D eigenvalue weighted by molar-refractivity contribution is -0.119. The Balaban J connectivity index is 1.64. The average Bonchev–Trinajstić information content (AvgIpc) is 2.37. The number of rotatable bonds is 3. The summed E-state index contributed by atoms with van der Waals surface area (Å²) in [6, 6.07) is 10.7. The van der Waals surface area contributed by atoms with Gasteiger partial charge in [0.15, 0.2) is 0 Å². The van der Waals surface area contributed by atoms with Crippen LogP contribution in [0.15, 0.2) is 30.3 Å². The summed E-state index contributed by atoms with van der Waals surface area (Å²) in [5, 5.41) is 10.1. The largest absolute Gasteiger partial charge is 0.390 e. The molecule has 3 rings (SSSR count). The smallest absolute Gasteiger partial charge is 0.0843 e. The monoisotopic (exact) mass is 246 g/mol. The SMILES string of the molecule is OC1CCC(c2ccccc2)CC1OC1CCC1. The van der Waals surface area contributed by atoms with Crippen molar-refractivity contribution < 1.29 is 9.84 Å². The minimum atomic E-state index is -0.259. The minimum Gasteiger partial charge on any atom is -0.390 e. The number of hydrogen-bond donors (Lipinski definition) is 1. The van der Waals surface area contributed by atoms with Gasteiger partial charge in [-0.2, -0.15) is 0 Å². The lowest BCUT2D eigenvalue weighted by Crippen LogP contribution is -2.39. The third-order valence-electron chi connectivity index (χ3n) is 4.45. The summed E-state index contributed by atoms with van der Waals surface area (Å²) >= 11 is 0. The Morgan fingerprint density at radius 2 is 1.78 bits per heavy atom. The van der Waals surface area contributed by atoms with Crippen molar-refractivity contribution in [3.8, 4) is 0 Å². The van der Waals surface area contributed by atoms with E-state index >= 15 is 0 Å². The van der Waals surface area contributed by atoms with E-state index in [0.717, 1.165) is 19.3 Å². The van der Waals surface area contributed by atoms with Gasteiger partial charge in [0.1, 0.15) is 0 Å². The maximum absolute atomic E-state index is 10.1. The third kappa shape index (κ3) is 2.60. The van der Waals surface area contributed by atoms with Gasteiger partial charge in [0.2, 0.25) is 0 Å². The van der Waals surface area contributed by atoms with Crippen molar-refractivity contribution in [3.63, 3.8) is 0 Å². The van der Waals surface area contributed by atoms with Crippen molar-refractivity contribution in [1.82, 2.24) is 0 Å². The van der Waals surface area contributed by atoms with Crippen LogP contribution in [0.3, 0.4) is 0 Å². The van der Waals surface area contributed by atoms with Crippen LogP contribution in [-0.2, 0) is 4.74 Å². The Hall–Kier alpha value is -0.860. The molecule has 2 nitrogen and oxygen atoms in total. The first-order valence-electron chi connectivity index (χ1n) is 7.21. The summed E-state index contributed by atoms with van der Waals surface area (Å²) in [6.07, 6.45) is 6.78. The quantitative estimate of drug-likeness (QED) is 0.887. The van der Waals surface area contributed by atoms with Gasteiger partial charge in [-0.1, -0.05) is 30.3 Å². The zero-order valence-corrected chi connectivity index (χ0v) is 10.8. The van der Waals surface area contributed by atoms with E-state index in [-0.39, 0.29) is 12.2 Å². The minimum absolute atomic E-state index is 0.0502. The van der Waals surface area contributed by atoms with Crippen molar-refractivity contribution in [2.75, 3.05) is 0 Å². The second-order valence-corrected chi connectivity index (χ2v) is 5.72. The molecule has 2 fully saturated rings. The van der Waals surface area contributed by atoms with Crippen LogP contribution >= 0.6 is 0 Å². The fraction of sp³-hybridized carbons (Fsp3) is 0.625. The van der Waals surface area contributed by atoms with Crippen LogP contribution in [0.5, 0.6) is 0 Å². The van der Waals surface area contributed by atoms with E-state index in [1.165, 1.54) is 24.8 Å². The summed E-state index contributed by atoms with van der Waals surface area (Å²) in [5.41, 5.74) is 1.40. The molecule has 2 aliphatic rings. The predicted octanol–water partition coefficient (Wildman–Crippen LogP) is 3.25. The van der Waals surface area contributed by atoms with Crippen LogP contribution in [0.4, 0.5) is 0 Å². The fourth-order valence-electron chi connectivity index (χ4n) is 3.04. The lowest BCUT2D eigenvalue weighted by atomic mass is 9.80. The van der Waals surface area contributed by atoms with E-state index in [2.05, 4.69) is 30.3 Å². The zero-order valence-electron chi connectivity index (χ0n) is 10.8. The van der Waals surface area contributed by atoms with Crippen LogP contribution in [0.1, 0.15) is 50.0 Å². The van der Waals surface area contributed by atoms with Crippen molar-refractivity contribution in [2.45, 2.75) is 62.8 Å². The highest BCUT2D eigenvalue weighted by molar-refractivity contribution is 5.20. The van der Waals surface area contributed by atoms with E-state index in [9.17, 15) is 5.11 Å². The first-order chi connectivity index (χ1) is 8.83. The molecule has 0 aromatic heterocycles. The summed E-state index contributed by atoms with van der Waals surface area (Å²) in [5.74, 6) is 0.555. The summed E-state index contributed by atoms with van der Waals surface area (Å²) in [4.78, 5) is 0. The van der Waals surface area contributed by atoms with Crippen LogP contribution in [0, 0.1) is 0 Å². The Bertz CT molecular complexity index is 372. The van der Waals surface area contributed by atoms with Gasteiger partial charge in [0.25, 0.3) is 0 Å². The molecule has 2 aliphatic carbocycles. The van der Waals surface area contributed by atoms with E-state index in [1.54, 1.807) is 0 Å². The molecule has 0 bridgehead atoms. The molecule has 2 heteroatoms. The highest BCUT2D eigenvalue weighted by Crippen LogP contribution is 2.36. The first-order valence-corrected chi connectivity index (χ1v) is 7.21. The van der Waals surface area contributed by atoms with Gasteiger partial charge in [0.05, 0.1) is 18.3 Å². The molecule has 0 spiro atoms. The van der Waals surface area contributed by atoms with Crippen molar-refractivity contribution >= 4 is 0 Å². The molecule has 2 saturated carbocycles. The molecule has 1 aromatic rings. The van der Waals surface area contributed by atoms with Crippen LogP contribution in [-0.4, -0.2) is 23.4 Å². The molecule has 0 aliphatic heterocycles. The van der Waals surface area contributed by atoms with E-state index < -0.39 is 0 Å². The molecule has 0 saturated heterocycles. The fourth-order valence-corrected chi connectivity index (χ4v) is 3.04. The Morgan fingerprint density at radius 3 is 2.44 bits per heavy atom. The number of hydrogen-bond acceptors (Lipinski definition) is 2. The van der Waals surface area contributed by atoms with E-state index in [0.29, 0.717) is 12.0 Å². The van der Waals surface area contributed by atoms with Crippen LogP contribution < -0.4 is 0 Å². The highest BCUT2D eigenvalue weighted by Gasteiger charge is 2.33. The van der Waals surface area contributed by atoms with Gasteiger partial charge in [0, 0.05) is 0 Å². The maximum atomic E-state index is 10.1. The number of aliphatic hydroxyl groups is 1. The Labute approximate surface area is 109 Å². The average molecular weight is 246 g/mol. The number of aliphatic hydroxyl groups excluding tert-OH is 1. The van der Waals surface area contributed by atoms with Gasteiger partial charge in [-0.05, 0) is 50.0 Å². The van der Waals surface area contributed by atoms with Crippen LogP contribution in [0.25, 0.3) is 0 Å². The topological polar surface area (TPSA) is 29.5 Å². The molecule has 0 amide bonds. The van der Waals surface area contributed by atoms with Gasteiger partial charge >= 0.3 is 0 Å². The van der Waals surface area contributed by atoms with Gasteiger partial charge in [-0.3, -0.25) is 0 Å². The second kappa shape index (κ2) is 5.41. The van der Waals surface area contributed by atoms with Crippen molar-refractivity contribution in [3.05, 3.63) is 35.9 Å². The molecule has 1 aromatic carbocycles. The summed E-state index contributed by atoms with van der Waals surface area (Å²) in [7, 11) is 0. The Kier molecular flexibility index (Phi) is 3.67. The van der Waals surface area contributed by atoms with E-state index in [4.69, 9.17) is 4.74 Å². The molecule has 0 heterocycles. The molecular formula is C16H22O2. The Morgan fingerprint density at radius 1 is 1.00 bits per heavy atom. The van der Waals surface area contributed by atoms with Gasteiger partial charge < -0.3 is 9.84 Å². The van der Waals surface area contributed by atoms with Gasteiger partial charge in [-0.25, -0.2) is 0 Å². The summed E-state index contributed by atoms with van der Waals surface area (Å²) < 4.78 is 6.04. The lowest BCUT2D eigenvalue weighted by Gasteiger charge is -2.38. The summed E-state index contributed by atoms with van der Waals surface area (Å²) in [6.45, 7) is 0. The highest BCUT2D eigenvalue weighted by atomic mass is 16.5. The predicted molar refractivity (Wildman–Crippen MR) is 71.6 cm³/mol. The standard InChI is InChI=1S/C16H22O2/c17-15-10-9-13(12-5-2-1-3-6-12)11-16(15)18-14-7-4-8-14/h1-3,5-6,13-17H,4,7-11H2. The number of ether oxygens (including phenoxy) is 1.